The predicted molar refractivity (Wildman–Crippen MR) is 80.4 cm³/mol. The first kappa shape index (κ1) is 14.3. The molecule has 106 valence electrons. The standard InChI is InChI=1S/C15H26N4/c1-12-6-7-13(10-16)14(17-12)19(4)11-15(18(2)3)8-5-9-15/h6-7H,5,8-11,16H2,1-4H3. The van der Waals surface area contributed by atoms with E-state index in [1.165, 1.54) is 19.3 Å². The van der Waals surface area contributed by atoms with Gasteiger partial charge >= 0.3 is 0 Å². The van der Waals surface area contributed by atoms with Crippen molar-refractivity contribution in [1.29, 1.82) is 0 Å². The van der Waals surface area contributed by atoms with Crippen LogP contribution in [0.15, 0.2) is 12.1 Å². The van der Waals surface area contributed by atoms with E-state index in [-0.39, 0.29) is 0 Å². The highest BCUT2D eigenvalue weighted by Crippen LogP contribution is 2.37. The molecule has 19 heavy (non-hydrogen) atoms. The van der Waals surface area contributed by atoms with Gasteiger partial charge in [-0.2, -0.15) is 0 Å². The molecule has 1 aromatic rings. The minimum atomic E-state index is 0.312. The number of anilines is 1. The number of nitrogens with two attached hydrogens (primary N) is 1. The van der Waals surface area contributed by atoms with Crippen LogP contribution in [0.1, 0.15) is 30.5 Å². The van der Waals surface area contributed by atoms with Crippen LogP contribution in [0.5, 0.6) is 0 Å². The van der Waals surface area contributed by atoms with Crippen molar-refractivity contribution in [3.63, 3.8) is 0 Å². The van der Waals surface area contributed by atoms with Gasteiger partial charge < -0.3 is 15.5 Å². The van der Waals surface area contributed by atoms with Gasteiger partial charge in [-0.25, -0.2) is 4.98 Å². The number of likely N-dealkylation sites (N-methyl/N-ethyl adjacent to an activating group) is 2. The number of hydrogen-bond donors (Lipinski definition) is 1. The Hall–Kier alpha value is -1.13. The highest BCUT2D eigenvalue weighted by atomic mass is 15.2. The van der Waals surface area contributed by atoms with Crippen LogP contribution in [0.2, 0.25) is 0 Å². The molecular formula is C15H26N4. The van der Waals surface area contributed by atoms with E-state index in [9.17, 15) is 0 Å². The molecule has 0 radical (unpaired) electrons. The fraction of sp³-hybridized carbons (Fsp3) is 0.667. The van der Waals surface area contributed by atoms with Crippen LogP contribution in [-0.4, -0.2) is 43.1 Å². The average Bonchev–Trinajstić information content (AvgIpc) is 2.33. The summed E-state index contributed by atoms with van der Waals surface area (Å²) in [6.07, 6.45) is 3.87. The van der Waals surface area contributed by atoms with E-state index in [1.807, 2.05) is 13.0 Å². The Balaban J connectivity index is 2.19. The predicted octanol–water partition coefficient (Wildman–Crippen LogP) is 1.77. The minimum Gasteiger partial charge on any atom is -0.358 e. The smallest absolute Gasteiger partial charge is 0.133 e. The summed E-state index contributed by atoms with van der Waals surface area (Å²) in [6, 6.07) is 4.13. The molecule has 1 heterocycles. The van der Waals surface area contributed by atoms with Crippen LogP contribution in [0.3, 0.4) is 0 Å². The van der Waals surface area contributed by atoms with Gasteiger partial charge in [0.25, 0.3) is 0 Å². The molecule has 0 amide bonds. The third kappa shape index (κ3) is 2.74. The molecule has 0 aliphatic heterocycles. The third-order valence-electron chi connectivity index (χ3n) is 4.44. The van der Waals surface area contributed by atoms with E-state index in [0.717, 1.165) is 23.6 Å². The monoisotopic (exact) mass is 262 g/mol. The molecule has 0 aromatic carbocycles. The average molecular weight is 262 g/mol. The lowest BCUT2D eigenvalue weighted by Crippen LogP contribution is -2.57. The lowest BCUT2D eigenvalue weighted by atomic mass is 9.75. The second-order valence-corrected chi connectivity index (χ2v) is 5.97. The number of nitrogens with zero attached hydrogens (tertiary/aromatic N) is 3. The van der Waals surface area contributed by atoms with Gasteiger partial charge in [0, 0.05) is 36.9 Å². The van der Waals surface area contributed by atoms with Gasteiger partial charge in [-0.3, -0.25) is 0 Å². The van der Waals surface area contributed by atoms with E-state index in [2.05, 4.69) is 42.0 Å². The molecule has 1 aliphatic carbocycles. The van der Waals surface area contributed by atoms with Crippen molar-refractivity contribution in [3.8, 4) is 0 Å². The normalized spacial score (nSPS) is 17.4. The highest BCUT2D eigenvalue weighted by molar-refractivity contribution is 5.47. The largest absolute Gasteiger partial charge is 0.358 e. The first-order chi connectivity index (χ1) is 8.98. The molecule has 0 bridgehead atoms. The topological polar surface area (TPSA) is 45.4 Å². The first-order valence-corrected chi connectivity index (χ1v) is 7.04. The molecule has 4 heteroatoms. The van der Waals surface area contributed by atoms with E-state index in [0.29, 0.717) is 12.1 Å². The molecule has 0 unspecified atom stereocenters. The maximum Gasteiger partial charge on any atom is 0.133 e. The van der Waals surface area contributed by atoms with Gasteiger partial charge in [0.1, 0.15) is 5.82 Å². The minimum absolute atomic E-state index is 0.312. The number of rotatable bonds is 5. The van der Waals surface area contributed by atoms with Gasteiger partial charge in [-0.15, -0.1) is 0 Å². The second kappa shape index (κ2) is 5.47. The zero-order valence-electron chi connectivity index (χ0n) is 12.6. The van der Waals surface area contributed by atoms with Crippen molar-refractivity contribution < 1.29 is 0 Å². The summed E-state index contributed by atoms with van der Waals surface area (Å²) in [7, 11) is 6.49. The quantitative estimate of drug-likeness (QED) is 0.878. The van der Waals surface area contributed by atoms with Crippen LogP contribution < -0.4 is 10.6 Å². The number of pyridine rings is 1. The summed E-state index contributed by atoms with van der Waals surface area (Å²) in [5.41, 5.74) is 8.32. The zero-order chi connectivity index (χ0) is 14.0. The molecule has 1 aliphatic rings. The highest BCUT2D eigenvalue weighted by Gasteiger charge is 2.40. The first-order valence-electron chi connectivity index (χ1n) is 7.04. The zero-order valence-corrected chi connectivity index (χ0v) is 12.6. The molecule has 2 N–H and O–H groups in total. The van der Waals surface area contributed by atoms with Crippen LogP contribution in [0, 0.1) is 6.92 Å². The van der Waals surface area contributed by atoms with E-state index >= 15 is 0 Å². The van der Waals surface area contributed by atoms with Gasteiger partial charge in [-0.05, 0) is 46.3 Å². The summed E-state index contributed by atoms with van der Waals surface area (Å²) < 4.78 is 0. The Labute approximate surface area is 116 Å². The molecule has 4 nitrogen and oxygen atoms in total. The third-order valence-corrected chi connectivity index (χ3v) is 4.44. The summed E-state index contributed by atoms with van der Waals surface area (Å²) in [4.78, 5) is 9.31. The second-order valence-electron chi connectivity index (χ2n) is 5.97. The van der Waals surface area contributed by atoms with Crippen molar-refractivity contribution >= 4 is 5.82 Å². The number of aromatic nitrogens is 1. The summed E-state index contributed by atoms with van der Waals surface area (Å²) >= 11 is 0. The van der Waals surface area contributed by atoms with Gasteiger partial charge in [0.15, 0.2) is 0 Å². The fourth-order valence-electron chi connectivity index (χ4n) is 2.91. The maximum atomic E-state index is 5.83. The molecule has 1 aromatic heterocycles. The van der Waals surface area contributed by atoms with Crippen molar-refractivity contribution in [2.45, 2.75) is 38.3 Å². The molecule has 1 fully saturated rings. The van der Waals surface area contributed by atoms with Crippen LogP contribution in [0.4, 0.5) is 5.82 Å². The Morgan fingerprint density at radius 3 is 2.42 bits per heavy atom. The van der Waals surface area contributed by atoms with E-state index < -0.39 is 0 Å². The Kier molecular flexibility index (Phi) is 4.11. The number of aryl methyl sites for hydroxylation is 1. The van der Waals surface area contributed by atoms with Crippen molar-refractivity contribution in [2.75, 3.05) is 32.6 Å². The van der Waals surface area contributed by atoms with E-state index in [1.54, 1.807) is 0 Å². The van der Waals surface area contributed by atoms with Crippen LogP contribution >= 0.6 is 0 Å². The molecule has 0 atom stereocenters. The molecule has 0 saturated heterocycles. The molecular weight excluding hydrogens is 236 g/mol. The van der Waals surface area contributed by atoms with Crippen molar-refractivity contribution in [3.05, 3.63) is 23.4 Å². The SMILES string of the molecule is Cc1ccc(CN)c(N(C)CC2(N(C)C)CCC2)n1. The summed E-state index contributed by atoms with van der Waals surface area (Å²) in [5, 5.41) is 0. The lowest BCUT2D eigenvalue weighted by molar-refractivity contribution is 0.0681. The maximum absolute atomic E-state index is 5.83. The van der Waals surface area contributed by atoms with E-state index in [4.69, 9.17) is 5.73 Å². The van der Waals surface area contributed by atoms with Crippen LogP contribution in [0.25, 0.3) is 0 Å². The Morgan fingerprint density at radius 1 is 1.26 bits per heavy atom. The Bertz CT molecular complexity index is 438. The van der Waals surface area contributed by atoms with Crippen molar-refractivity contribution in [1.82, 2.24) is 9.88 Å². The van der Waals surface area contributed by atoms with Crippen molar-refractivity contribution in [2.24, 2.45) is 5.73 Å². The van der Waals surface area contributed by atoms with Crippen LogP contribution in [-0.2, 0) is 6.54 Å². The fourth-order valence-corrected chi connectivity index (χ4v) is 2.91. The Morgan fingerprint density at radius 2 is 1.95 bits per heavy atom. The number of hydrogen-bond acceptors (Lipinski definition) is 4. The summed E-state index contributed by atoms with van der Waals surface area (Å²) in [5.74, 6) is 1.04. The molecule has 1 saturated carbocycles. The summed E-state index contributed by atoms with van der Waals surface area (Å²) in [6.45, 7) is 3.59. The molecule has 0 spiro atoms. The molecule has 2 rings (SSSR count). The van der Waals surface area contributed by atoms with Gasteiger partial charge in [-0.1, -0.05) is 6.07 Å². The van der Waals surface area contributed by atoms with Gasteiger partial charge in [0.05, 0.1) is 0 Å². The van der Waals surface area contributed by atoms with Gasteiger partial charge in [0.2, 0.25) is 0 Å². The lowest BCUT2D eigenvalue weighted by Gasteiger charge is -2.49.